The summed E-state index contributed by atoms with van der Waals surface area (Å²) in [6, 6.07) is 17.8. The van der Waals surface area contributed by atoms with Gasteiger partial charge in [0, 0.05) is 5.56 Å². The molecule has 0 aliphatic heterocycles. The van der Waals surface area contributed by atoms with Crippen molar-refractivity contribution < 1.29 is 0 Å². The fourth-order valence-corrected chi connectivity index (χ4v) is 6.73. The number of unbranched alkanes of at least 4 members (excludes halogenated alkanes) is 4. The van der Waals surface area contributed by atoms with Crippen LogP contribution in [-0.2, 0) is 11.8 Å². The number of aryl methyl sites for hydroxylation is 1. The third-order valence-corrected chi connectivity index (χ3v) is 9.09. The molecule has 0 atom stereocenters. The van der Waals surface area contributed by atoms with Crippen molar-refractivity contribution >= 4 is 0 Å². The van der Waals surface area contributed by atoms with Gasteiger partial charge >= 0.3 is 0 Å². The molecule has 3 fully saturated rings. The minimum atomic E-state index is 0.351. The van der Waals surface area contributed by atoms with Gasteiger partial charge in [-0.2, -0.15) is 10.5 Å². The summed E-state index contributed by atoms with van der Waals surface area (Å²) >= 11 is 0. The van der Waals surface area contributed by atoms with Gasteiger partial charge < -0.3 is 0 Å². The molecule has 34 heavy (non-hydrogen) atoms. The van der Waals surface area contributed by atoms with Crippen molar-refractivity contribution in [1.82, 2.24) is 0 Å². The zero-order valence-electron chi connectivity index (χ0n) is 21.3. The molecule has 3 aliphatic rings. The normalized spacial score (nSPS) is 23.4. The van der Waals surface area contributed by atoms with Gasteiger partial charge in [-0.05, 0) is 85.3 Å². The molecule has 0 saturated heterocycles. The highest BCUT2D eigenvalue weighted by Crippen LogP contribution is 2.59. The molecule has 0 spiro atoms. The summed E-state index contributed by atoms with van der Waals surface area (Å²) in [4.78, 5) is 0. The Labute approximate surface area is 207 Å². The minimum Gasteiger partial charge on any atom is -0.192 e. The minimum absolute atomic E-state index is 0.351. The van der Waals surface area contributed by atoms with Crippen LogP contribution in [0.25, 0.3) is 11.1 Å². The number of rotatable bonds is 10. The molecule has 0 heterocycles. The Morgan fingerprint density at radius 3 is 1.91 bits per heavy atom. The highest BCUT2D eigenvalue weighted by Gasteiger charge is 2.48. The Kier molecular flexibility index (Phi) is 7.78. The van der Waals surface area contributed by atoms with Crippen LogP contribution in [0.4, 0.5) is 0 Å². The van der Waals surface area contributed by atoms with E-state index in [4.69, 9.17) is 0 Å². The fourth-order valence-electron chi connectivity index (χ4n) is 6.73. The van der Waals surface area contributed by atoms with Gasteiger partial charge in [-0.25, -0.2) is 0 Å². The lowest BCUT2D eigenvalue weighted by atomic mass is 9.51. The molecular formula is C32H40N2. The lowest BCUT2D eigenvalue weighted by Gasteiger charge is -2.54. The van der Waals surface area contributed by atoms with E-state index < -0.39 is 0 Å². The first-order valence-corrected chi connectivity index (χ1v) is 13.7. The van der Waals surface area contributed by atoms with Crippen LogP contribution in [0.3, 0.4) is 0 Å². The first-order chi connectivity index (χ1) is 16.6. The SMILES string of the molecule is CCCCCc1ccc(-c2ccc(C34CCC(CCCCC)(CC3)CC4)cc2)c(C#N)c1C#N. The molecule has 3 saturated carbocycles. The Morgan fingerprint density at radius 2 is 1.32 bits per heavy atom. The van der Waals surface area contributed by atoms with Gasteiger partial charge in [0.1, 0.15) is 12.1 Å². The molecule has 0 unspecified atom stereocenters. The summed E-state index contributed by atoms with van der Waals surface area (Å²) < 4.78 is 0. The van der Waals surface area contributed by atoms with E-state index in [1.165, 1.54) is 69.8 Å². The third kappa shape index (κ3) is 4.79. The maximum Gasteiger partial charge on any atom is 0.101 e. The Morgan fingerprint density at radius 1 is 0.706 bits per heavy atom. The molecule has 0 amide bonds. The van der Waals surface area contributed by atoms with E-state index in [0.29, 0.717) is 22.0 Å². The number of nitriles is 2. The van der Waals surface area contributed by atoms with Gasteiger partial charge in [0.25, 0.3) is 0 Å². The first-order valence-electron chi connectivity index (χ1n) is 13.7. The lowest BCUT2D eigenvalue weighted by molar-refractivity contribution is 0.0305. The standard InChI is InChI=1S/C32H40N2/c1-3-5-7-9-25-12-15-28(30(24-34)29(25)23-33)26-10-13-27(14-11-26)32-20-17-31(18-21-32,19-22-32)16-8-6-4-2/h10-15H,3-9,16-22H2,1-2H3. The molecule has 2 aromatic rings. The molecule has 178 valence electrons. The zero-order valence-corrected chi connectivity index (χ0v) is 21.3. The average molecular weight is 453 g/mol. The summed E-state index contributed by atoms with van der Waals surface area (Å²) in [5.41, 5.74) is 6.52. The van der Waals surface area contributed by atoms with Crippen LogP contribution in [0.1, 0.15) is 120 Å². The predicted molar refractivity (Wildman–Crippen MR) is 140 cm³/mol. The number of fused-ring (bicyclic) bond motifs is 3. The second kappa shape index (κ2) is 10.8. The number of hydrogen-bond acceptors (Lipinski definition) is 2. The summed E-state index contributed by atoms with van der Waals surface area (Å²) in [5, 5.41) is 19.8. The molecule has 2 nitrogen and oxygen atoms in total. The van der Waals surface area contributed by atoms with E-state index in [9.17, 15) is 10.5 Å². The lowest BCUT2D eigenvalue weighted by Crippen LogP contribution is -2.44. The monoisotopic (exact) mass is 452 g/mol. The third-order valence-electron chi connectivity index (χ3n) is 9.09. The fraction of sp³-hybridized carbons (Fsp3) is 0.562. The summed E-state index contributed by atoms with van der Waals surface area (Å²) in [7, 11) is 0. The van der Waals surface area contributed by atoms with Gasteiger partial charge in [0.15, 0.2) is 0 Å². The van der Waals surface area contributed by atoms with Crippen molar-refractivity contribution in [3.8, 4) is 23.3 Å². The van der Waals surface area contributed by atoms with Crippen LogP contribution in [0.15, 0.2) is 36.4 Å². The molecule has 0 aromatic heterocycles. The van der Waals surface area contributed by atoms with Gasteiger partial charge in [-0.15, -0.1) is 0 Å². The van der Waals surface area contributed by atoms with Gasteiger partial charge in [-0.1, -0.05) is 82.3 Å². The largest absolute Gasteiger partial charge is 0.192 e. The van der Waals surface area contributed by atoms with E-state index in [-0.39, 0.29) is 0 Å². The van der Waals surface area contributed by atoms with Crippen LogP contribution in [0, 0.1) is 28.1 Å². The Hall–Kier alpha value is -2.58. The second-order valence-electron chi connectivity index (χ2n) is 11.0. The zero-order chi connectivity index (χ0) is 24.0. The van der Waals surface area contributed by atoms with Crippen LogP contribution >= 0.6 is 0 Å². The number of nitrogens with zero attached hydrogens (tertiary/aromatic N) is 2. The van der Waals surface area contributed by atoms with Gasteiger partial charge in [0.05, 0.1) is 11.1 Å². The molecule has 5 rings (SSSR count). The van der Waals surface area contributed by atoms with E-state index >= 15 is 0 Å². The molecule has 2 aromatic carbocycles. The maximum absolute atomic E-state index is 9.93. The van der Waals surface area contributed by atoms with Crippen molar-refractivity contribution in [2.45, 2.75) is 109 Å². The molecule has 2 bridgehead atoms. The smallest absolute Gasteiger partial charge is 0.101 e. The van der Waals surface area contributed by atoms with Crippen molar-refractivity contribution in [3.05, 3.63) is 58.7 Å². The van der Waals surface area contributed by atoms with Crippen molar-refractivity contribution in [1.29, 1.82) is 10.5 Å². The van der Waals surface area contributed by atoms with Crippen LogP contribution in [-0.4, -0.2) is 0 Å². The molecule has 2 heteroatoms. The summed E-state index contributed by atoms with van der Waals surface area (Å²) in [6.45, 7) is 4.49. The van der Waals surface area contributed by atoms with Crippen LogP contribution in [0.2, 0.25) is 0 Å². The second-order valence-corrected chi connectivity index (χ2v) is 11.0. The molecule has 0 N–H and O–H groups in total. The maximum atomic E-state index is 9.93. The Bertz CT molecular complexity index is 1040. The van der Waals surface area contributed by atoms with Crippen molar-refractivity contribution in [3.63, 3.8) is 0 Å². The summed E-state index contributed by atoms with van der Waals surface area (Å²) in [5.74, 6) is 0. The highest BCUT2D eigenvalue weighted by atomic mass is 14.5. The molecular weight excluding hydrogens is 412 g/mol. The number of hydrogen-bond donors (Lipinski definition) is 0. The number of benzene rings is 2. The summed E-state index contributed by atoms with van der Waals surface area (Å²) in [6.07, 6.45) is 17.9. The predicted octanol–water partition coefficient (Wildman–Crippen LogP) is 9.00. The molecule has 3 aliphatic carbocycles. The average Bonchev–Trinajstić information content (AvgIpc) is 2.89. The van der Waals surface area contributed by atoms with Gasteiger partial charge in [-0.3, -0.25) is 0 Å². The van der Waals surface area contributed by atoms with Crippen molar-refractivity contribution in [2.75, 3.05) is 0 Å². The Balaban J connectivity index is 1.53. The van der Waals surface area contributed by atoms with E-state index in [0.717, 1.165) is 42.4 Å². The van der Waals surface area contributed by atoms with Crippen molar-refractivity contribution in [2.24, 2.45) is 5.41 Å². The molecule has 0 radical (unpaired) electrons. The van der Waals surface area contributed by atoms with Crippen LogP contribution in [0.5, 0.6) is 0 Å². The van der Waals surface area contributed by atoms with E-state index in [2.05, 4.69) is 62.4 Å². The van der Waals surface area contributed by atoms with E-state index in [1.54, 1.807) is 0 Å². The topological polar surface area (TPSA) is 47.6 Å². The first kappa shape index (κ1) is 24.5. The van der Waals surface area contributed by atoms with E-state index in [1.807, 2.05) is 0 Å². The highest BCUT2D eigenvalue weighted by molar-refractivity contribution is 5.75. The van der Waals surface area contributed by atoms with Crippen LogP contribution < -0.4 is 0 Å². The quantitative estimate of drug-likeness (QED) is 0.338. The van der Waals surface area contributed by atoms with Gasteiger partial charge in [0.2, 0.25) is 0 Å².